The molecule has 3 aromatic heterocycles. The van der Waals surface area contributed by atoms with Gasteiger partial charge >= 0.3 is 0 Å². The van der Waals surface area contributed by atoms with Crippen LogP contribution in [0.15, 0.2) is 39.7 Å². The van der Waals surface area contributed by atoms with Gasteiger partial charge in [0, 0.05) is 12.4 Å². The summed E-state index contributed by atoms with van der Waals surface area (Å²) in [5.41, 5.74) is 0.973. The molecular formula is C17H17N5O3. The lowest BCUT2D eigenvalue weighted by atomic mass is 10.2. The molecule has 3 heterocycles. The summed E-state index contributed by atoms with van der Waals surface area (Å²) in [6.45, 7) is 1.93. The third kappa shape index (κ3) is 2.51. The second kappa shape index (κ2) is 5.66. The number of benzene rings is 1. The summed E-state index contributed by atoms with van der Waals surface area (Å²) in [6, 6.07) is 7.46. The molecule has 0 aliphatic carbocycles. The molecule has 1 atom stereocenters. The highest BCUT2D eigenvalue weighted by Crippen LogP contribution is 2.31. The number of H-pyrrole nitrogens is 1. The van der Waals surface area contributed by atoms with Crippen LogP contribution in [0.3, 0.4) is 0 Å². The molecule has 0 spiro atoms. The first kappa shape index (κ1) is 15.3. The number of aromatic nitrogens is 4. The Hall–Kier alpha value is -3.29. The standard InChI is InChI=1S/C17H17N5O3/c1-9(13-7-10-5-4-6-12(24-3)14(10)25-13)19-17-20-15-11(16(23)21-17)8-18-22(15)2/h4-9H,1-3H3,(H2,19,20,21,23)/t9-/m1/s1. The average molecular weight is 339 g/mol. The van der Waals surface area contributed by atoms with Gasteiger partial charge in [-0.25, -0.2) is 0 Å². The predicted molar refractivity (Wildman–Crippen MR) is 93.9 cm³/mol. The normalized spacial score (nSPS) is 12.6. The Morgan fingerprint density at radius 1 is 1.40 bits per heavy atom. The number of nitrogens with one attached hydrogen (secondary N) is 2. The summed E-state index contributed by atoms with van der Waals surface area (Å²) < 4.78 is 12.8. The van der Waals surface area contributed by atoms with Crippen molar-refractivity contribution < 1.29 is 9.15 Å². The van der Waals surface area contributed by atoms with Crippen molar-refractivity contribution in [2.45, 2.75) is 13.0 Å². The lowest BCUT2D eigenvalue weighted by Gasteiger charge is -2.11. The van der Waals surface area contributed by atoms with Gasteiger partial charge in [-0.3, -0.25) is 14.5 Å². The lowest BCUT2D eigenvalue weighted by molar-refractivity contribution is 0.406. The summed E-state index contributed by atoms with van der Waals surface area (Å²) in [7, 11) is 3.35. The minimum Gasteiger partial charge on any atom is -0.493 e. The summed E-state index contributed by atoms with van der Waals surface area (Å²) in [5, 5.41) is 8.62. The third-order valence-corrected chi connectivity index (χ3v) is 4.13. The zero-order valence-electron chi connectivity index (χ0n) is 14.0. The fourth-order valence-electron chi connectivity index (χ4n) is 2.81. The van der Waals surface area contributed by atoms with E-state index in [4.69, 9.17) is 9.15 Å². The molecule has 0 saturated heterocycles. The van der Waals surface area contributed by atoms with Crippen LogP contribution in [0.5, 0.6) is 5.75 Å². The molecule has 0 saturated carbocycles. The molecule has 0 radical (unpaired) electrons. The van der Waals surface area contributed by atoms with Crippen molar-refractivity contribution >= 4 is 28.0 Å². The van der Waals surface area contributed by atoms with Gasteiger partial charge in [-0.1, -0.05) is 12.1 Å². The van der Waals surface area contributed by atoms with Gasteiger partial charge in [0.25, 0.3) is 5.56 Å². The van der Waals surface area contributed by atoms with E-state index in [9.17, 15) is 4.79 Å². The van der Waals surface area contributed by atoms with E-state index in [1.165, 1.54) is 6.20 Å². The van der Waals surface area contributed by atoms with Gasteiger partial charge in [0.15, 0.2) is 17.0 Å². The number of para-hydroxylation sites is 1. The molecule has 0 unspecified atom stereocenters. The summed E-state index contributed by atoms with van der Waals surface area (Å²) in [5.74, 6) is 1.76. The van der Waals surface area contributed by atoms with Gasteiger partial charge in [-0.05, 0) is 19.1 Å². The Labute approximate surface area is 142 Å². The molecule has 4 rings (SSSR count). The number of furan rings is 1. The number of hydrogen-bond acceptors (Lipinski definition) is 6. The number of anilines is 1. The highest BCUT2D eigenvalue weighted by Gasteiger charge is 2.16. The second-order valence-electron chi connectivity index (χ2n) is 5.81. The van der Waals surface area contributed by atoms with Crippen LogP contribution in [0.4, 0.5) is 5.95 Å². The van der Waals surface area contributed by atoms with Crippen molar-refractivity contribution in [1.29, 1.82) is 0 Å². The summed E-state index contributed by atoms with van der Waals surface area (Å²) in [6.07, 6.45) is 1.50. The van der Waals surface area contributed by atoms with Crippen molar-refractivity contribution in [3.63, 3.8) is 0 Å². The van der Waals surface area contributed by atoms with Gasteiger partial charge in [-0.2, -0.15) is 10.1 Å². The largest absolute Gasteiger partial charge is 0.493 e. The number of fused-ring (bicyclic) bond motifs is 2. The minimum atomic E-state index is -0.237. The first-order valence-corrected chi connectivity index (χ1v) is 7.82. The number of ether oxygens (including phenoxy) is 1. The van der Waals surface area contributed by atoms with Crippen LogP contribution in [0.2, 0.25) is 0 Å². The number of aryl methyl sites for hydroxylation is 1. The topological polar surface area (TPSA) is 98.0 Å². The van der Waals surface area contributed by atoms with E-state index < -0.39 is 0 Å². The van der Waals surface area contributed by atoms with Crippen molar-refractivity contribution in [3.8, 4) is 5.75 Å². The van der Waals surface area contributed by atoms with Crippen LogP contribution in [0.25, 0.3) is 22.0 Å². The third-order valence-electron chi connectivity index (χ3n) is 4.13. The van der Waals surface area contributed by atoms with Gasteiger partial charge in [0.05, 0.1) is 19.3 Å². The number of methoxy groups -OCH3 is 1. The smallest absolute Gasteiger partial charge is 0.263 e. The van der Waals surface area contributed by atoms with Gasteiger partial charge in [0.1, 0.15) is 11.1 Å². The first-order valence-electron chi connectivity index (χ1n) is 7.82. The van der Waals surface area contributed by atoms with Gasteiger partial charge < -0.3 is 14.5 Å². The number of hydrogen-bond donors (Lipinski definition) is 2. The number of nitrogens with zero attached hydrogens (tertiary/aromatic N) is 3. The van der Waals surface area contributed by atoms with E-state index in [2.05, 4.69) is 20.4 Å². The van der Waals surface area contributed by atoms with Crippen LogP contribution in [0, 0.1) is 0 Å². The molecule has 2 N–H and O–H groups in total. The Bertz CT molecular complexity index is 1120. The first-order chi connectivity index (χ1) is 12.1. The molecule has 8 nitrogen and oxygen atoms in total. The van der Waals surface area contributed by atoms with E-state index in [1.54, 1.807) is 18.8 Å². The molecule has 0 amide bonds. The van der Waals surface area contributed by atoms with E-state index in [1.807, 2.05) is 31.2 Å². The van der Waals surface area contributed by atoms with Gasteiger partial charge in [-0.15, -0.1) is 0 Å². The highest BCUT2D eigenvalue weighted by atomic mass is 16.5. The average Bonchev–Trinajstić information content (AvgIpc) is 3.19. The maximum Gasteiger partial charge on any atom is 0.263 e. The van der Waals surface area contributed by atoms with Crippen molar-refractivity contribution in [2.24, 2.45) is 7.05 Å². The molecule has 25 heavy (non-hydrogen) atoms. The molecule has 0 fully saturated rings. The quantitative estimate of drug-likeness (QED) is 0.593. The van der Waals surface area contributed by atoms with Crippen molar-refractivity contribution in [2.75, 3.05) is 12.4 Å². The molecule has 4 aromatic rings. The zero-order chi connectivity index (χ0) is 17.6. The number of aromatic amines is 1. The summed E-state index contributed by atoms with van der Waals surface area (Å²) >= 11 is 0. The van der Waals surface area contributed by atoms with Crippen LogP contribution in [-0.4, -0.2) is 26.9 Å². The Kier molecular flexibility index (Phi) is 3.45. The van der Waals surface area contributed by atoms with E-state index >= 15 is 0 Å². The maximum atomic E-state index is 12.1. The van der Waals surface area contributed by atoms with Gasteiger partial charge in [0.2, 0.25) is 5.95 Å². The Morgan fingerprint density at radius 2 is 2.24 bits per heavy atom. The van der Waals surface area contributed by atoms with Crippen LogP contribution in [-0.2, 0) is 7.05 Å². The van der Waals surface area contributed by atoms with Crippen LogP contribution in [0.1, 0.15) is 18.7 Å². The minimum absolute atomic E-state index is 0.203. The Balaban J connectivity index is 1.69. The van der Waals surface area contributed by atoms with E-state index in [0.29, 0.717) is 34.1 Å². The van der Waals surface area contributed by atoms with E-state index in [-0.39, 0.29) is 11.6 Å². The molecular weight excluding hydrogens is 322 g/mol. The molecule has 128 valence electrons. The summed E-state index contributed by atoms with van der Waals surface area (Å²) in [4.78, 5) is 19.3. The molecule has 0 aliphatic heterocycles. The monoisotopic (exact) mass is 339 g/mol. The van der Waals surface area contributed by atoms with E-state index in [0.717, 1.165) is 5.39 Å². The fraction of sp³-hybridized carbons (Fsp3) is 0.235. The van der Waals surface area contributed by atoms with Crippen molar-refractivity contribution in [1.82, 2.24) is 19.7 Å². The zero-order valence-corrected chi connectivity index (χ0v) is 14.0. The molecule has 0 aliphatic rings. The Morgan fingerprint density at radius 3 is 3.04 bits per heavy atom. The maximum absolute atomic E-state index is 12.1. The molecule has 1 aromatic carbocycles. The van der Waals surface area contributed by atoms with Crippen LogP contribution < -0.4 is 15.6 Å². The van der Waals surface area contributed by atoms with Crippen molar-refractivity contribution in [3.05, 3.63) is 46.6 Å². The SMILES string of the molecule is COc1cccc2cc([C@@H](C)Nc3nc4c(cnn4C)c(=O)[nH]3)oc12. The molecule has 0 bridgehead atoms. The second-order valence-corrected chi connectivity index (χ2v) is 5.81. The lowest BCUT2D eigenvalue weighted by Crippen LogP contribution is -2.15. The fourth-order valence-corrected chi connectivity index (χ4v) is 2.81. The molecule has 8 heteroatoms. The number of rotatable bonds is 4. The van der Waals surface area contributed by atoms with Crippen LogP contribution >= 0.6 is 0 Å². The highest BCUT2D eigenvalue weighted by molar-refractivity contribution is 5.84. The predicted octanol–water partition coefficient (Wildman–Crippen LogP) is 2.58.